The van der Waals surface area contributed by atoms with Crippen molar-refractivity contribution in [1.82, 2.24) is 0 Å². The Morgan fingerprint density at radius 2 is 2.00 bits per heavy atom. The normalized spacial score (nSPS) is 16.2. The van der Waals surface area contributed by atoms with Crippen LogP contribution in [0.2, 0.25) is 0 Å². The molecule has 1 aliphatic rings. The average molecular weight is 261 g/mol. The molecule has 2 N–H and O–H groups in total. The Morgan fingerprint density at radius 3 is 2.68 bits per heavy atom. The van der Waals surface area contributed by atoms with Gasteiger partial charge in [0.1, 0.15) is 0 Å². The molecule has 0 aliphatic carbocycles. The minimum absolute atomic E-state index is 0.174. The maximum atomic E-state index is 12.3. The van der Waals surface area contributed by atoms with E-state index in [-0.39, 0.29) is 11.9 Å². The quantitative estimate of drug-likeness (QED) is 0.901. The summed E-state index contributed by atoms with van der Waals surface area (Å²) in [6, 6.07) is 8.26. The molecule has 0 aromatic heterocycles. The van der Waals surface area contributed by atoms with Crippen LogP contribution >= 0.6 is 0 Å². The van der Waals surface area contributed by atoms with Crippen molar-refractivity contribution in [3.05, 3.63) is 24.3 Å². The zero-order valence-corrected chi connectivity index (χ0v) is 11.8. The number of para-hydroxylation sites is 2. The topological polar surface area (TPSA) is 49.6 Å². The summed E-state index contributed by atoms with van der Waals surface area (Å²) in [5.41, 5.74) is 7.88. The van der Waals surface area contributed by atoms with Gasteiger partial charge in [0.15, 0.2) is 0 Å². The highest BCUT2D eigenvalue weighted by Gasteiger charge is 2.24. The van der Waals surface area contributed by atoms with Crippen molar-refractivity contribution in [3.8, 4) is 0 Å². The summed E-state index contributed by atoms with van der Waals surface area (Å²) in [4.78, 5) is 16.4. The zero-order chi connectivity index (χ0) is 13.8. The Hall–Kier alpha value is -1.55. The second-order valence-electron chi connectivity index (χ2n) is 5.33. The van der Waals surface area contributed by atoms with E-state index in [1.165, 1.54) is 0 Å². The lowest BCUT2D eigenvalue weighted by molar-refractivity contribution is -0.118. The highest BCUT2D eigenvalue weighted by Crippen LogP contribution is 2.32. The number of hydrogen-bond donors (Lipinski definition) is 1. The van der Waals surface area contributed by atoms with Gasteiger partial charge in [-0.2, -0.15) is 0 Å². The van der Waals surface area contributed by atoms with Crippen LogP contribution in [-0.2, 0) is 4.79 Å². The van der Waals surface area contributed by atoms with Gasteiger partial charge in [0.05, 0.1) is 11.4 Å². The second-order valence-corrected chi connectivity index (χ2v) is 5.33. The second kappa shape index (κ2) is 6.06. The van der Waals surface area contributed by atoms with Crippen molar-refractivity contribution < 1.29 is 4.79 Å². The first kappa shape index (κ1) is 13.9. The van der Waals surface area contributed by atoms with Gasteiger partial charge in [0.25, 0.3) is 0 Å². The van der Waals surface area contributed by atoms with Crippen molar-refractivity contribution in [3.63, 3.8) is 0 Å². The highest BCUT2D eigenvalue weighted by molar-refractivity contribution is 5.97. The predicted octanol–water partition coefficient (Wildman–Crippen LogP) is 1.99. The first-order valence-electron chi connectivity index (χ1n) is 6.95. The lowest BCUT2D eigenvalue weighted by Crippen LogP contribution is -2.42. The van der Waals surface area contributed by atoms with Crippen molar-refractivity contribution in [2.75, 3.05) is 29.9 Å². The molecule has 0 bridgehead atoms. The summed E-state index contributed by atoms with van der Waals surface area (Å²) < 4.78 is 0. The lowest BCUT2D eigenvalue weighted by atomic mass is 10.1. The Balaban J connectivity index is 2.05. The van der Waals surface area contributed by atoms with Crippen LogP contribution in [0, 0.1) is 0 Å². The van der Waals surface area contributed by atoms with Gasteiger partial charge in [-0.1, -0.05) is 12.1 Å². The number of anilines is 2. The van der Waals surface area contributed by atoms with Crippen LogP contribution in [0.5, 0.6) is 0 Å². The first-order chi connectivity index (χ1) is 9.09. The molecule has 104 valence electrons. The molecule has 1 aromatic rings. The van der Waals surface area contributed by atoms with Crippen LogP contribution in [0.15, 0.2) is 24.3 Å². The third kappa shape index (κ3) is 3.26. The summed E-state index contributed by atoms with van der Waals surface area (Å²) in [6.07, 6.45) is 2.35. The molecule has 0 spiro atoms. The smallest absolute Gasteiger partial charge is 0.227 e. The zero-order valence-electron chi connectivity index (χ0n) is 11.8. The third-order valence-corrected chi connectivity index (χ3v) is 3.59. The van der Waals surface area contributed by atoms with Gasteiger partial charge in [0, 0.05) is 32.6 Å². The van der Waals surface area contributed by atoms with Crippen LogP contribution in [-0.4, -0.2) is 32.1 Å². The molecule has 2 rings (SSSR count). The van der Waals surface area contributed by atoms with Gasteiger partial charge in [-0.05, 0) is 31.9 Å². The number of carbonyl (C=O) groups excluding carboxylic acids is 1. The number of hydrogen-bond acceptors (Lipinski definition) is 3. The molecule has 0 saturated heterocycles. The van der Waals surface area contributed by atoms with Gasteiger partial charge in [-0.25, -0.2) is 0 Å². The van der Waals surface area contributed by atoms with Gasteiger partial charge in [-0.15, -0.1) is 0 Å². The molecule has 0 saturated carbocycles. The first-order valence-corrected chi connectivity index (χ1v) is 6.95. The number of rotatable bonds is 4. The van der Waals surface area contributed by atoms with Crippen molar-refractivity contribution in [2.45, 2.75) is 32.2 Å². The Bertz CT molecular complexity index is 445. The van der Waals surface area contributed by atoms with E-state index in [2.05, 4.69) is 18.0 Å². The molecule has 1 amide bonds. The number of amides is 1. The van der Waals surface area contributed by atoms with Gasteiger partial charge < -0.3 is 15.5 Å². The van der Waals surface area contributed by atoms with Crippen LogP contribution in [0.3, 0.4) is 0 Å². The fourth-order valence-electron chi connectivity index (χ4n) is 2.48. The largest absolute Gasteiger partial charge is 0.371 e. The summed E-state index contributed by atoms with van der Waals surface area (Å²) in [5, 5.41) is 0. The number of likely N-dealkylation sites (N-methyl/N-ethyl adjacent to an activating group) is 1. The van der Waals surface area contributed by atoms with Crippen molar-refractivity contribution in [1.29, 1.82) is 0 Å². The van der Waals surface area contributed by atoms with E-state index in [0.29, 0.717) is 6.42 Å². The monoisotopic (exact) mass is 261 g/mol. The number of nitrogens with two attached hydrogens (primary N) is 1. The maximum Gasteiger partial charge on any atom is 0.227 e. The summed E-state index contributed by atoms with van der Waals surface area (Å²) in [7, 11) is 2.07. The Labute approximate surface area is 115 Å². The molecule has 0 radical (unpaired) electrons. The van der Waals surface area contributed by atoms with Crippen LogP contribution in [0.25, 0.3) is 0 Å². The SMILES string of the molecule is CC(N)CCCC(=O)N1CCN(C)c2ccccc21. The van der Waals surface area contributed by atoms with E-state index >= 15 is 0 Å². The van der Waals surface area contributed by atoms with Crippen LogP contribution < -0.4 is 15.5 Å². The van der Waals surface area contributed by atoms with E-state index < -0.39 is 0 Å². The molecule has 1 aliphatic heterocycles. The predicted molar refractivity (Wildman–Crippen MR) is 79.6 cm³/mol. The third-order valence-electron chi connectivity index (χ3n) is 3.59. The van der Waals surface area contributed by atoms with Crippen molar-refractivity contribution in [2.24, 2.45) is 5.73 Å². The van der Waals surface area contributed by atoms with E-state index in [1.54, 1.807) is 0 Å². The highest BCUT2D eigenvalue weighted by atomic mass is 16.2. The molecule has 1 atom stereocenters. The maximum absolute atomic E-state index is 12.3. The summed E-state index contributed by atoms with van der Waals surface area (Å²) in [5.74, 6) is 0.209. The standard InChI is InChI=1S/C15H23N3O/c1-12(16)6-5-9-15(19)18-11-10-17(2)13-7-3-4-8-14(13)18/h3-4,7-8,12H,5-6,9-11,16H2,1-2H3. The van der Waals surface area contributed by atoms with Crippen LogP contribution in [0.1, 0.15) is 26.2 Å². The van der Waals surface area contributed by atoms with E-state index in [1.807, 2.05) is 30.0 Å². The fraction of sp³-hybridized carbons (Fsp3) is 0.533. The van der Waals surface area contributed by atoms with Crippen LogP contribution in [0.4, 0.5) is 11.4 Å². The van der Waals surface area contributed by atoms with E-state index in [0.717, 1.165) is 37.3 Å². The molecule has 1 unspecified atom stereocenters. The minimum atomic E-state index is 0.174. The number of nitrogens with zero attached hydrogens (tertiary/aromatic N) is 2. The Morgan fingerprint density at radius 1 is 1.32 bits per heavy atom. The van der Waals surface area contributed by atoms with Gasteiger partial charge in [0.2, 0.25) is 5.91 Å². The molecule has 0 fully saturated rings. The molecule has 1 aromatic carbocycles. The molecule has 1 heterocycles. The van der Waals surface area contributed by atoms with E-state index in [4.69, 9.17) is 5.73 Å². The fourth-order valence-corrected chi connectivity index (χ4v) is 2.48. The minimum Gasteiger partial charge on any atom is -0.371 e. The molecule has 4 nitrogen and oxygen atoms in total. The molecular weight excluding hydrogens is 238 g/mol. The average Bonchev–Trinajstić information content (AvgIpc) is 2.39. The van der Waals surface area contributed by atoms with Gasteiger partial charge >= 0.3 is 0 Å². The number of fused-ring (bicyclic) bond motifs is 1. The summed E-state index contributed by atoms with van der Waals surface area (Å²) >= 11 is 0. The molecule has 4 heteroatoms. The number of carbonyl (C=O) groups is 1. The molecular formula is C15H23N3O. The number of benzene rings is 1. The van der Waals surface area contributed by atoms with Crippen molar-refractivity contribution >= 4 is 17.3 Å². The van der Waals surface area contributed by atoms with Gasteiger partial charge in [-0.3, -0.25) is 4.79 Å². The van der Waals surface area contributed by atoms with E-state index in [9.17, 15) is 4.79 Å². The Kier molecular flexibility index (Phi) is 4.43. The molecule has 19 heavy (non-hydrogen) atoms. The lowest BCUT2D eigenvalue weighted by Gasteiger charge is -2.35. The summed E-state index contributed by atoms with van der Waals surface area (Å²) in [6.45, 7) is 3.64.